The summed E-state index contributed by atoms with van der Waals surface area (Å²) < 4.78 is 0. The largest absolute Gasteiger partial charge is 0.387 e. The van der Waals surface area contributed by atoms with Crippen LogP contribution in [0, 0.1) is 0 Å². The third kappa shape index (κ3) is 2.52. The number of nitrogens with one attached hydrogen (secondary N) is 1. The molecule has 0 heterocycles. The second-order valence-electron chi connectivity index (χ2n) is 5.51. The fraction of sp³-hybridized carbons (Fsp3) is 0.200. The van der Waals surface area contributed by atoms with Gasteiger partial charge in [-0.05, 0) is 22.9 Å². The van der Waals surface area contributed by atoms with Gasteiger partial charge in [-0.3, -0.25) is 0 Å². The minimum absolute atomic E-state index is 0.203. The number of hydrogen-bond acceptors (Lipinski definition) is 1. The van der Waals surface area contributed by atoms with Crippen molar-refractivity contribution in [3.63, 3.8) is 0 Å². The second-order valence-corrected chi connectivity index (χ2v) is 5.51. The monoisotopic (exact) mass is 277 g/mol. The lowest BCUT2D eigenvalue weighted by atomic mass is 9.72. The van der Waals surface area contributed by atoms with Crippen LogP contribution < -0.4 is 5.32 Å². The van der Waals surface area contributed by atoms with Crippen LogP contribution in [-0.2, 0) is 5.41 Å². The Morgan fingerprint density at radius 2 is 1.90 bits per heavy atom. The molecular weight excluding hydrogens is 254 g/mol. The maximum absolute atomic E-state index is 4.20. The van der Waals surface area contributed by atoms with Gasteiger partial charge in [0, 0.05) is 23.5 Å². The number of benzene rings is 2. The number of hydrogen-bond donors (Lipinski definition) is 1. The summed E-state index contributed by atoms with van der Waals surface area (Å²) in [5, 5.41) is 5.83. The van der Waals surface area contributed by atoms with Gasteiger partial charge in [0.25, 0.3) is 0 Å². The first kappa shape index (κ1) is 15.1. The molecular formula is C20H23N. The minimum atomic E-state index is -0.203. The van der Waals surface area contributed by atoms with Gasteiger partial charge in [-0.1, -0.05) is 68.6 Å². The standard InChI is InChI=1S/C20H23N/c1-6-14-20(4,15(3)7-2)18-13-12-16-10-8-9-11-17(16)19(18)21-5/h6-13,21H,1-3,14H2,4-5H3. The molecule has 1 heteroatoms. The van der Waals surface area contributed by atoms with Crippen LogP contribution in [0.4, 0.5) is 5.69 Å². The highest BCUT2D eigenvalue weighted by molar-refractivity contribution is 5.96. The molecule has 2 rings (SSSR count). The van der Waals surface area contributed by atoms with Gasteiger partial charge in [0.05, 0.1) is 0 Å². The average Bonchev–Trinajstić information content (AvgIpc) is 2.52. The minimum Gasteiger partial charge on any atom is -0.387 e. The van der Waals surface area contributed by atoms with Crippen molar-refractivity contribution in [1.82, 2.24) is 0 Å². The van der Waals surface area contributed by atoms with Crippen LogP contribution in [0.5, 0.6) is 0 Å². The van der Waals surface area contributed by atoms with Crippen molar-refractivity contribution in [1.29, 1.82) is 0 Å². The van der Waals surface area contributed by atoms with Gasteiger partial charge in [0.1, 0.15) is 0 Å². The molecule has 0 aliphatic rings. The van der Waals surface area contributed by atoms with Gasteiger partial charge in [0.2, 0.25) is 0 Å². The van der Waals surface area contributed by atoms with Crippen LogP contribution in [0.1, 0.15) is 18.9 Å². The van der Waals surface area contributed by atoms with Crippen molar-refractivity contribution in [3.8, 4) is 0 Å². The smallest absolute Gasteiger partial charge is 0.0458 e. The average molecular weight is 277 g/mol. The molecule has 0 fully saturated rings. The zero-order chi connectivity index (χ0) is 15.5. The fourth-order valence-corrected chi connectivity index (χ4v) is 2.93. The zero-order valence-electron chi connectivity index (χ0n) is 12.9. The van der Waals surface area contributed by atoms with E-state index in [9.17, 15) is 0 Å². The molecule has 1 N–H and O–H groups in total. The molecule has 108 valence electrons. The van der Waals surface area contributed by atoms with Crippen LogP contribution in [0.3, 0.4) is 0 Å². The fourth-order valence-electron chi connectivity index (χ4n) is 2.93. The van der Waals surface area contributed by atoms with Crippen LogP contribution >= 0.6 is 0 Å². The van der Waals surface area contributed by atoms with E-state index >= 15 is 0 Å². The molecule has 0 aliphatic carbocycles. The SMILES string of the molecule is C=CCC(C)(C(=C)C=C)c1ccc2ccccc2c1NC. The molecule has 0 aliphatic heterocycles. The third-order valence-electron chi connectivity index (χ3n) is 4.28. The number of fused-ring (bicyclic) bond motifs is 1. The molecule has 0 radical (unpaired) electrons. The number of rotatable bonds is 6. The Hall–Kier alpha value is -2.28. The molecule has 0 saturated carbocycles. The van der Waals surface area contributed by atoms with Gasteiger partial charge in [-0.2, -0.15) is 0 Å². The van der Waals surface area contributed by atoms with E-state index in [0.717, 1.165) is 17.7 Å². The maximum Gasteiger partial charge on any atom is 0.0458 e. The first-order chi connectivity index (χ1) is 10.1. The van der Waals surface area contributed by atoms with Crippen molar-refractivity contribution in [2.24, 2.45) is 0 Å². The molecule has 0 bridgehead atoms. The van der Waals surface area contributed by atoms with E-state index in [0.29, 0.717) is 0 Å². The van der Waals surface area contributed by atoms with E-state index in [1.54, 1.807) is 0 Å². The molecule has 2 aromatic rings. The second kappa shape index (κ2) is 6.01. The maximum atomic E-state index is 4.20. The number of anilines is 1. The lowest BCUT2D eigenvalue weighted by Gasteiger charge is -2.32. The topological polar surface area (TPSA) is 12.0 Å². The summed E-state index contributed by atoms with van der Waals surface area (Å²) >= 11 is 0. The van der Waals surface area contributed by atoms with Crippen molar-refractivity contribution in [2.45, 2.75) is 18.8 Å². The Morgan fingerprint density at radius 3 is 2.52 bits per heavy atom. The van der Waals surface area contributed by atoms with E-state index in [-0.39, 0.29) is 5.41 Å². The van der Waals surface area contributed by atoms with E-state index in [1.807, 2.05) is 19.2 Å². The normalized spacial score (nSPS) is 13.4. The van der Waals surface area contributed by atoms with E-state index in [4.69, 9.17) is 0 Å². The van der Waals surface area contributed by atoms with Crippen LogP contribution in [0.25, 0.3) is 10.8 Å². The Morgan fingerprint density at radius 1 is 1.19 bits per heavy atom. The quantitative estimate of drug-likeness (QED) is 0.546. The highest BCUT2D eigenvalue weighted by atomic mass is 14.8. The van der Waals surface area contributed by atoms with Crippen LogP contribution in [0.2, 0.25) is 0 Å². The van der Waals surface area contributed by atoms with Crippen LogP contribution in [-0.4, -0.2) is 7.05 Å². The summed E-state index contributed by atoms with van der Waals surface area (Å²) in [5.74, 6) is 0. The molecule has 2 aromatic carbocycles. The summed E-state index contributed by atoms with van der Waals surface area (Å²) in [6.45, 7) is 14.2. The molecule has 1 atom stereocenters. The Labute approximate surface area is 127 Å². The predicted octanol–water partition coefficient (Wildman–Crippen LogP) is 5.46. The Balaban J connectivity index is 2.76. The highest BCUT2D eigenvalue weighted by Crippen LogP contribution is 2.42. The molecule has 0 amide bonds. The molecule has 1 nitrogen and oxygen atoms in total. The van der Waals surface area contributed by atoms with Crippen molar-refractivity contribution < 1.29 is 0 Å². The first-order valence-electron chi connectivity index (χ1n) is 7.21. The van der Waals surface area contributed by atoms with Crippen molar-refractivity contribution >= 4 is 16.5 Å². The molecule has 0 aromatic heterocycles. The molecule has 1 unspecified atom stereocenters. The molecule has 0 spiro atoms. The van der Waals surface area contributed by atoms with Gasteiger partial charge >= 0.3 is 0 Å². The van der Waals surface area contributed by atoms with Gasteiger partial charge in [-0.15, -0.1) is 6.58 Å². The first-order valence-corrected chi connectivity index (χ1v) is 7.21. The summed E-state index contributed by atoms with van der Waals surface area (Å²) in [6, 6.07) is 12.8. The summed E-state index contributed by atoms with van der Waals surface area (Å²) in [5.41, 5.74) is 3.19. The summed E-state index contributed by atoms with van der Waals surface area (Å²) in [4.78, 5) is 0. The van der Waals surface area contributed by atoms with Crippen molar-refractivity contribution in [3.05, 3.63) is 79.4 Å². The van der Waals surface area contributed by atoms with E-state index in [1.165, 1.54) is 16.3 Å². The van der Waals surface area contributed by atoms with Gasteiger partial charge in [0.15, 0.2) is 0 Å². The lowest BCUT2D eigenvalue weighted by Crippen LogP contribution is -2.24. The summed E-state index contributed by atoms with van der Waals surface area (Å²) in [7, 11) is 1.97. The van der Waals surface area contributed by atoms with E-state index in [2.05, 4.69) is 68.4 Å². The molecule has 0 saturated heterocycles. The van der Waals surface area contributed by atoms with Crippen molar-refractivity contribution in [2.75, 3.05) is 12.4 Å². The molecule has 21 heavy (non-hydrogen) atoms. The zero-order valence-corrected chi connectivity index (χ0v) is 12.9. The van der Waals surface area contributed by atoms with Crippen LogP contribution in [0.15, 0.2) is 73.9 Å². The summed E-state index contributed by atoms with van der Waals surface area (Å²) in [6.07, 6.45) is 4.62. The Bertz CT molecular complexity index is 696. The predicted molar refractivity (Wildman–Crippen MR) is 95.0 cm³/mol. The number of allylic oxidation sites excluding steroid dienone is 3. The Kier molecular flexibility index (Phi) is 4.32. The lowest BCUT2D eigenvalue weighted by molar-refractivity contribution is 0.584. The van der Waals surface area contributed by atoms with E-state index < -0.39 is 0 Å². The highest BCUT2D eigenvalue weighted by Gasteiger charge is 2.30. The van der Waals surface area contributed by atoms with Gasteiger partial charge < -0.3 is 5.32 Å². The third-order valence-corrected chi connectivity index (χ3v) is 4.28. The van der Waals surface area contributed by atoms with Gasteiger partial charge in [-0.25, -0.2) is 0 Å².